The molecule has 1 unspecified atom stereocenters. The van der Waals surface area contributed by atoms with Crippen molar-refractivity contribution in [2.24, 2.45) is 5.92 Å². The predicted molar refractivity (Wildman–Crippen MR) is 177 cm³/mol. The summed E-state index contributed by atoms with van der Waals surface area (Å²) in [5.41, 5.74) is 7.36. The smallest absolute Gasteiger partial charge is 0.237 e. The number of ketones is 1. The Morgan fingerprint density at radius 2 is 1.52 bits per heavy atom. The van der Waals surface area contributed by atoms with Crippen molar-refractivity contribution in [1.29, 1.82) is 0 Å². The molecule has 2 fully saturated rings. The van der Waals surface area contributed by atoms with E-state index in [0.717, 1.165) is 53.9 Å². The van der Waals surface area contributed by atoms with Crippen molar-refractivity contribution < 1.29 is 19.4 Å². The molecule has 2 aromatic heterocycles. The van der Waals surface area contributed by atoms with E-state index in [1.54, 1.807) is 27.3 Å². The summed E-state index contributed by atoms with van der Waals surface area (Å²) in [5, 5.41) is 10.7. The average molecular weight is 661 g/mol. The lowest BCUT2D eigenvalue weighted by Crippen LogP contribution is -2.50. The first-order valence-corrected chi connectivity index (χ1v) is 16.2. The maximum atomic E-state index is 11.8. The fourth-order valence-electron chi connectivity index (χ4n) is 6.82. The van der Waals surface area contributed by atoms with Crippen LogP contribution in [0.2, 0.25) is 10.0 Å². The van der Waals surface area contributed by atoms with Crippen molar-refractivity contribution in [3.05, 3.63) is 75.5 Å². The minimum Gasteiger partial charge on any atom is -0.481 e. The van der Waals surface area contributed by atoms with E-state index in [-0.39, 0.29) is 23.8 Å². The summed E-state index contributed by atoms with van der Waals surface area (Å²) in [4.78, 5) is 30.6. The van der Waals surface area contributed by atoms with Crippen molar-refractivity contribution in [2.45, 2.75) is 38.5 Å². The Hall–Kier alpha value is -3.60. The summed E-state index contributed by atoms with van der Waals surface area (Å²) in [6.07, 6.45) is 3.27. The zero-order valence-electron chi connectivity index (χ0n) is 26.0. The second kappa shape index (κ2) is 12.5. The number of Topliss-reactive ketones (excluding diaryl/α,β-unsaturated/α-hetero) is 1. The summed E-state index contributed by atoms with van der Waals surface area (Å²) in [6.45, 7) is 5.00. The summed E-state index contributed by atoms with van der Waals surface area (Å²) in [5.74, 6) is 1.39. The molecule has 1 aliphatic carbocycles. The highest BCUT2D eigenvalue weighted by Crippen LogP contribution is 2.47. The number of β-amino-alcohol motifs (C(OH)–C–C–N with tert-alkyl or cyclic N) is 1. The Balaban J connectivity index is 1.20. The molecule has 0 saturated carbocycles. The number of ether oxygens (including phenoxy) is 2. The van der Waals surface area contributed by atoms with Crippen LogP contribution in [0.5, 0.6) is 11.8 Å². The molecular formula is C35H35Cl2N5O4. The number of rotatable bonds is 9. The zero-order chi connectivity index (χ0) is 32.1. The lowest BCUT2D eigenvalue weighted by Gasteiger charge is -2.42. The molecule has 2 aliphatic heterocycles. The van der Waals surface area contributed by atoms with E-state index >= 15 is 0 Å². The van der Waals surface area contributed by atoms with E-state index < -0.39 is 0 Å². The number of aliphatic hydroxyl groups excluding tert-OH is 1. The van der Waals surface area contributed by atoms with Gasteiger partial charge < -0.3 is 14.6 Å². The predicted octanol–water partition coefficient (Wildman–Crippen LogP) is 5.88. The molecule has 4 aromatic rings. The van der Waals surface area contributed by atoms with Crippen molar-refractivity contribution in [2.75, 3.05) is 40.4 Å². The van der Waals surface area contributed by atoms with Crippen LogP contribution in [0.4, 0.5) is 0 Å². The number of fused-ring (bicyclic) bond motifs is 1. The third kappa shape index (κ3) is 5.54. The second-order valence-electron chi connectivity index (χ2n) is 12.3. The first kappa shape index (κ1) is 31.0. The third-order valence-electron chi connectivity index (χ3n) is 9.40. The van der Waals surface area contributed by atoms with Crippen LogP contribution < -0.4 is 9.47 Å². The molecule has 0 spiro atoms. The van der Waals surface area contributed by atoms with Gasteiger partial charge >= 0.3 is 0 Å². The number of carbonyl (C=O) groups excluding carboxylic acids is 1. The van der Waals surface area contributed by atoms with Crippen molar-refractivity contribution in [3.63, 3.8) is 0 Å². The van der Waals surface area contributed by atoms with Crippen LogP contribution in [0.15, 0.2) is 48.7 Å². The molecule has 0 amide bonds. The van der Waals surface area contributed by atoms with Gasteiger partial charge in [-0.3, -0.25) is 19.6 Å². The van der Waals surface area contributed by atoms with Crippen molar-refractivity contribution >= 4 is 29.0 Å². The summed E-state index contributed by atoms with van der Waals surface area (Å²) >= 11 is 14.2. The molecule has 2 saturated heterocycles. The lowest BCUT2D eigenvalue weighted by molar-refractivity contribution is -0.127. The lowest BCUT2D eigenvalue weighted by atomic mass is 9.92. The van der Waals surface area contributed by atoms with Gasteiger partial charge in [0.2, 0.25) is 11.8 Å². The highest BCUT2D eigenvalue weighted by Gasteiger charge is 2.40. The molecule has 2 aromatic carbocycles. The van der Waals surface area contributed by atoms with Gasteiger partial charge in [0, 0.05) is 72.5 Å². The number of aliphatic hydroxyl groups is 1. The molecule has 1 atom stereocenters. The molecule has 3 aliphatic rings. The zero-order valence-corrected chi connectivity index (χ0v) is 27.5. The van der Waals surface area contributed by atoms with Crippen LogP contribution in [0.1, 0.15) is 36.2 Å². The molecule has 46 heavy (non-hydrogen) atoms. The molecule has 11 heteroatoms. The normalized spacial score (nSPS) is 18.6. The van der Waals surface area contributed by atoms with Gasteiger partial charge in [-0.1, -0.05) is 59.6 Å². The highest BCUT2D eigenvalue weighted by atomic mass is 35.5. The standard InChI is InChI=1S/C35H35Cl2N5O4/c1-19(43)21-14-42(15-21)30-11-10-20-12-27(39-35(46-3)31(20)30)25-8-4-6-23(32(25)36)24-7-5-9-26(33(24)37)28-13-38-29(34(40-28)45-2)18-41-16-22(44)17-41/h4-9,12-13,21-22,30,44H,10-11,14-18H2,1-3H3. The number of hydrogen-bond donors (Lipinski definition) is 1. The van der Waals surface area contributed by atoms with Crippen LogP contribution in [0, 0.1) is 5.92 Å². The van der Waals surface area contributed by atoms with Crippen LogP contribution in [-0.2, 0) is 17.8 Å². The number of halogens is 2. The number of aromatic nitrogens is 3. The molecule has 9 nitrogen and oxygen atoms in total. The summed E-state index contributed by atoms with van der Waals surface area (Å²) < 4.78 is 11.4. The van der Waals surface area contributed by atoms with Gasteiger partial charge in [0.15, 0.2) is 0 Å². The Kier molecular flexibility index (Phi) is 8.46. The maximum Gasteiger partial charge on any atom is 0.237 e. The molecule has 7 rings (SSSR count). The molecule has 4 heterocycles. The number of nitrogens with zero attached hydrogens (tertiary/aromatic N) is 5. The number of aryl methyl sites for hydroxylation is 1. The van der Waals surface area contributed by atoms with E-state index in [4.69, 9.17) is 42.6 Å². The fraction of sp³-hybridized carbons (Fsp3) is 0.371. The van der Waals surface area contributed by atoms with E-state index in [1.807, 2.05) is 36.4 Å². The Morgan fingerprint density at radius 3 is 2.13 bits per heavy atom. The molecule has 1 N–H and O–H groups in total. The van der Waals surface area contributed by atoms with E-state index in [2.05, 4.69) is 20.9 Å². The molecule has 238 valence electrons. The maximum absolute atomic E-state index is 11.8. The number of pyridine rings is 1. The van der Waals surface area contributed by atoms with E-state index in [0.29, 0.717) is 58.4 Å². The minimum absolute atomic E-state index is 0.119. The van der Waals surface area contributed by atoms with Crippen LogP contribution in [0.3, 0.4) is 0 Å². The highest BCUT2D eigenvalue weighted by molar-refractivity contribution is 6.39. The number of likely N-dealkylation sites (tertiary alicyclic amines) is 2. The largest absolute Gasteiger partial charge is 0.481 e. The second-order valence-corrected chi connectivity index (χ2v) is 13.1. The van der Waals surface area contributed by atoms with E-state index in [1.165, 1.54) is 5.56 Å². The van der Waals surface area contributed by atoms with Crippen LogP contribution in [0.25, 0.3) is 33.6 Å². The SMILES string of the molecule is COc1nc(-c2cccc(-c3cccc(-c4cc5c(c(OC)n4)C(N4CC(C(C)=O)C4)CC5)c3Cl)c2Cl)cnc1CN1CC(O)C1. The molecule has 0 bridgehead atoms. The van der Waals surface area contributed by atoms with Gasteiger partial charge in [-0.05, 0) is 31.4 Å². The summed E-state index contributed by atoms with van der Waals surface area (Å²) in [7, 11) is 3.22. The van der Waals surface area contributed by atoms with Crippen molar-refractivity contribution in [3.8, 4) is 45.4 Å². The summed E-state index contributed by atoms with van der Waals surface area (Å²) in [6, 6.07) is 13.9. The fourth-order valence-corrected chi connectivity index (χ4v) is 7.47. The van der Waals surface area contributed by atoms with Crippen molar-refractivity contribution in [1.82, 2.24) is 24.8 Å². The first-order valence-electron chi connectivity index (χ1n) is 15.5. The van der Waals surface area contributed by atoms with Gasteiger partial charge in [0.05, 0.1) is 48.0 Å². The van der Waals surface area contributed by atoms with E-state index in [9.17, 15) is 9.90 Å². The first-order chi connectivity index (χ1) is 22.2. The Labute approximate surface area is 278 Å². The molecular weight excluding hydrogens is 625 g/mol. The number of carbonyl (C=O) groups is 1. The van der Waals surface area contributed by atoms with Gasteiger partial charge in [0.1, 0.15) is 11.5 Å². The monoisotopic (exact) mass is 659 g/mol. The Morgan fingerprint density at radius 1 is 0.913 bits per heavy atom. The minimum atomic E-state index is -0.295. The average Bonchev–Trinajstić information content (AvgIpc) is 3.43. The number of methoxy groups -OCH3 is 2. The topological polar surface area (TPSA) is 101 Å². The number of benzene rings is 2. The van der Waals surface area contributed by atoms with Gasteiger partial charge in [-0.2, -0.15) is 0 Å². The van der Waals surface area contributed by atoms with Gasteiger partial charge in [-0.25, -0.2) is 9.97 Å². The number of hydrogen-bond acceptors (Lipinski definition) is 9. The van der Waals surface area contributed by atoms with Crippen LogP contribution >= 0.6 is 23.2 Å². The van der Waals surface area contributed by atoms with Gasteiger partial charge in [-0.15, -0.1) is 0 Å². The third-order valence-corrected chi connectivity index (χ3v) is 10.2. The molecule has 0 radical (unpaired) electrons. The Bertz CT molecular complexity index is 1820. The van der Waals surface area contributed by atoms with Crippen LogP contribution in [-0.4, -0.2) is 82.1 Å². The van der Waals surface area contributed by atoms with Gasteiger partial charge in [0.25, 0.3) is 0 Å². The quantitative estimate of drug-likeness (QED) is 0.236.